The van der Waals surface area contributed by atoms with E-state index in [-0.39, 0.29) is 12.7 Å². The third-order valence-electron chi connectivity index (χ3n) is 4.05. The number of hydrogen-bond acceptors (Lipinski definition) is 5. The van der Waals surface area contributed by atoms with Crippen LogP contribution >= 0.6 is 27.7 Å². The summed E-state index contributed by atoms with van der Waals surface area (Å²) in [5.74, 6) is 1.31. The van der Waals surface area contributed by atoms with Crippen molar-refractivity contribution in [2.45, 2.75) is 31.7 Å². The number of benzene rings is 1. The minimum absolute atomic E-state index is 0.101. The van der Waals surface area contributed by atoms with Gasteiger partial charge in [0.15, 0.2) is 16.7 Å². The Labute approximate surface area is 146 Å². The van der Waals surface area contributed by atoms with Gasteiger partial charge < -0.3 is 14.8 Å². The molecule has 120 valence electrons. The first-order valence-corrected chi connectivity index (χ1v) is 9.18. The molecule has 1 aromatic carbocycles. The molecule has 3 aliphatic rings. The van der Waals surface area contributed by atoms with Gasteiger partial charge in [-0.3, -0.25) is 9.79 Å². The Balaban J connectivity index is 1.58. The maximum Gasteiger partial charge on any atom is 0.264 e. The van der Waals surface area contributed by atoms with Crippen molar-refractivity contribution in [3.63, 3.8) is 0 Å². The first kappa shape index (κ1) is 15.1. The van der Waals surface area contributed by atoms with Gasteiger partial charge >= 0.3 is 0 Å². The number of nitrogens with zero attached hydrogens (tertiary/aromatic N) is 1. The summed E-state index contributed by atoms with van der Waals surface area (Å²) in [7, 11) is 0. The van der Waals surface area contributed by atoms with E-state index in [9.17, 15) is 4.79 Å². The summed E-state index contributed by atoms with van der Waals surface area (Å²) < 4.78 is 11.6. The number of carbonyl (C=O) groups excluding carboxylic acids is 1. The third kappa shape index (κ3) is 3.12. The molecule has 2 aliphatic heterocycles. The molecule has 1 saturated carbocycles. The minimum Gasteiger partial charge on any atom is -0.454 e. The van der Waals surface area contributed by atoms with Crippen molar-refractivity contribution in [2.75, 3.05) is 6.79 Å². The van der Waals surface area contributed by atoms with Gasteiger partial charge in [-0.05, 0) is 48.4 Å². The number of aliphatic imine (C=N–C) groups is 1. The lowest BCUT2D eigenvalue weighted by molar-refractivity contribution is -0.115. The molecule has 1 aliphatic carbocycles. The molecule has 0 aromatic heterocycles. The van der Waals surface area contributed by atoms with Crippen molar-refractivity contribution in [1.29, 1.82) is 0 Å². The molecule has 1 amide bonds. The summed E-state index contributed by atoms with van der Waals surface area (Å²) in [4.78, 5) is 17.4. The number of carbonyl (C=O) groups is 1. The Kier molecular flexibility index (Phi) is 4.07. The molecule has 2 fully saturated rings. The number of halogens is 1. The van der Waals surface area contributed by atoms with Crippen LogP contribution in [0.3, 0.4) is 0 Å². The van der Waals surface area contributed by atoms with Crippen molar-refractivity contribution in [3.8, 4) is 11.5 Å². The topological polar surface area (TPSA) is 59.9 Å². The van der Waals surface area contributed by atoms with Gasteiger partial charge in [-0.15, -0.1) is 0 Å². The van der Waals surface area contributed by atoms with Crippen LogP contribution in [-0.2, 0) is 4.79 Å². The van der Waals surface area contributed by atoms with Gasteiger partial charge in [0.25, 0.3) is 5.91 Å². The molecule has 1 aromatic rings. The van der Waals surface area contributed by atoms with Crippen LogP contribution in [0.1, 0.15) is 31.2 Å². The second-order valence-electron chi connectivity index (χ2n) is 5.66. The van der Waals surface area contributed by atoms with Crippen LogP contribution in [0.5, 0.6) is 11.5 Å². The van der Waals surface area contributed by atoms with Crippen molar-refractivity contribution < 1.29 is 14.3 Å². The SMILES string of the molecule is O=C1NC(=NC2CCCC2)S/C1=C\c1cc2c(cc1Br)OCO2. The van der Waals surface area contributed by atoms with E-state index in [2.05, 4.69) is 26.2 Å². The second kappa shape index (κ2) is 6.20. The van der Waals surface area contributed by atoms with Crippen molar-refractivity contribution >= 4 is 44.8 Å². The molecule has 7 heteroatoms. The van der Waals surface area contributed by atoms with E-state index in [4.69, 9.17) is 9.47 Å². The smallest absolute Gasteiger partial charge is 0.264 e. The zero-order valence-electron chi connectivity index (χ0n) is 12.3. The van der Waals surface area contributed by atoms with Crippen LogP contribution in [0.2, 0.25) is 0 Å². The Morgan fingerprint density at radius 1 is 1.26 bits per heavy atom. The van der Waals surface area contributed by atoms with Crippen LogP contribution in [-0.4, -0.2) is 23.9 Å². The summed E-state index contributed by atoms with van der Waals surface area (Å²) in [5, 5.41) is 3.57. The lowest BCUT2D eigenvalue weighted by atomic mass is 10.2. The first-order chi connectivity index (χ1) is 11.2. The standard InChI is InChI=1S/C16H15BrN2O3S/c17-11-7-13-12(21-8-22-13)5-9(11)6-14-15(20)19-16(23-14)18-10-3-1-2-4-10/h5-7,10H,1-4,8H2,(H,18,19,20)/b14-6-. The van der Waals surface area contributed by atoms with E-state index < -0.39 is 0 Å². The number of hydrogen-bond donors (Lipinski definition) is 1. The van der Waals surface area contributed by atoms with Crippen LogP contribution in [0.4, 0.5) is 0 Å². The van der Waals surface area contributed by atoms with Crippen molar-refractivity contribution in [1.82, 2.24) is 5.32 Å². The van der Waals surface area contributed by atoms with Crippen LogP contribution in [0, 0.1) is 0 Å². The van der Waals surface area contributed by atoms with Gasteiger partial charge in [-0.2, -0.15) is 0 Å². The third-order valence-corrected chi connectivity index (χ3v) is 5.66. The molecular weight excluding hydrogens is 380 g/mol. The fourth-order valence-electron chi connectivity index (χ4n) is 2.87. The molecule has 23 heavy (non-hydrogen) atoms. The summed E-state index contributed by atoms with van der Waals surface area (Å²) in [5.41, 5.74) is 0.883. The summed E-state index contributed by atoms with van der Waals surface area (Å²) in [6.07, 6.45) is 6.54. The molecular formula is C16H15BrN2O3S. The van der Waals surface area contributed by atoms with E-state index in [0.29, 0.717) is 27.6 Å². The molecule has 4 rings (SSSR count). The summed E-state index contributed by atoms with van der Waals surface area (Å²) in [6.45, 7) is 0.231. The van der Waals surface area contributed by atoms with E-state index >= 15 is 0 Å². The lowest BCUT2D eigenvalue weighted by Gasteiger charge is -2.03. The second-order valence-corrected chi connectivity index (χ2v) is 7.55. The number of ether oxygens (including phenoxy) is 2. The molecule has 2 heterocycles. The fraction of sp³-hybridized carbons (Fsp3) is 0.375. The van der Waals surface area contributed by atoms with Gasteiger partial charge in [0.2, 0.25) is 6.79 Å². The average Bonchev–Trinajstić information content (AvgIpc) is 3.23. The van der Waals surface area contributed by atoms with Crippen LogP contribution < -0.4 is 14.8 Å². The molecule has 0 atom stereocenters. The minimum atomic E-state index is -0.101. The average molecular weight is 395 g/mol. The molecule has 1 saturated heterocycles. The normalized spacial score (nSPS) is 24.0. The number of thioether (sulfide) groups is 1. The van der Waals surface area contributed by atoms with E-state index in [1.807, 2.05) is 18.2 Å². The number of rotatable bonds is 2. The maximum atomic E-state index is 12.2. The van der Waals surface area contributed by atoms with E-state index in [1.165, 1.54) is 24.6 Å². The molecule has 0 radical (unpaired) electrons. The monoisotopic (exact) mass is 394 g/mol. The lowest BCUT2D eigenvalue weighted by Crippen LogP contribution is -2.21. The Morgan fingerprint density at radius 3 is 2.78 bits per heavy atom. The predicted octanol–water partition coefficient (Wildman–Crippen LogP) is 3.68. The fourth-order valence-corrected chi connectivity index (χ4v) is 4.19. The number of amidine groups is 1. The van der Waals surface area contributed by atoms with Crippen molar-refractivity contribution in [3.05, 3.63) is 27.1 Å². The Hall–Kier alpha value is -1.47. The molecule has 1 N–H and O–H groups in total. The highest BCUT2D eigenvalue weighted by Gasteiger charge is 2.26. The molecule has 0 bridgehead atoms. The highest BCUT2D eigenvalue weighted by Crippen LogP contribution is 2.39. The largest absolute Gasteiger partial charge is 0.454 e. The highest BCUT2D eigenvalue weighted by molar-refractivity contribution is 9.10. The molecule has 0 spiro atoms. The van der Waals surface area contributed by atoms with Crippen molar-refractivity contribution in [2.24, 2.45) is 4.99 Å². The van der Waals surface area contributed by atoms with Gasteiger partial charge in [0.1, 0.15) is 0 Å². The molecule has 5 nitrogen and oxygen atoms in total. The zero-order valence-corrected chi connectivity index (χ0v) is 14.7. The first-order valence-electron chi connectivity index (χ1n) is 7.57. The number of fused-ring (bicyclic) bond motifs is 1. The predicted molar refractivity (Wildman–Crippen MR) is 93.7 cm³/mol. The summed E-state index contributed by atoms with van der Waals surface area (Å²) in [6, 6.07) is 4.09. The van der Waals surface area contributed by atoms with Gasteiger partial charge in [0, 0.05) is 4.47 Å². The van der Waals surface area contributed by atoms with Gasteiger partial charge in [-0.1, -0.05) is 28.8 Å². The summed E-state index contributed by atoms with van der Waals surface area (Å²) >= 11 is 4.91. The van der Waals surface area contributed by atoms with E-state index in [0.717, 1.165) is 22.9 Å². The Morgan fingerprint density at radius 2 is 2.00 bits per heavy atom. The van der Waals surface area contributed by atoms with Crippen LogP contribution in [0.25, 0.3) is 6.08 Å². The zero-order chi connectivity index (χ0) is 15.8. The van der Waals surface area contributed by atoms with Crippen LogP contribution in [0.15, 0.2) is 26.5 Å². The Bertz CT molecular complexity index is 726. The molecule has 0 unspecified atom stereocenters. The quantitative estimate of drug-likeness (QED) is 0.777. The van der Waals surface area contributed by atoms with Gasteiger partial charge in [-0.25, -0.2) is 0 Å². The van der Waals surface area contributed by atoms with Gasteiger partial charge in [0.05, 0.1) is 10.9 Å². The number of amides is 1. The van der Waals surface area contributed by atoms with E-state index in [1.54, 1.807) is 0 Å². The highest BCUT2D eigenvalue weighted by atomic mass is 79.9. The number of nitrogens with one attached hydrogen (secondary N) is 1. The maximum absolute atomic E-state index is 12.2.